The van der Waals surface area contributed by atoms with Crippen LogP contribution in [0.4, 0.5) is 0 Å². The molecule has 4 aliphatic rings. The molecule has 0 saturated heterocycles. The van der Waals surface area contributed by atoms with E-state index < -0.39 is 27.1 Å². The van der Waals surface area contributed by atoms with Crippen molar-refractivity contribution in [1.82, 2.24) is 18.9 Å². The molecule has 270 valence electrons. The summed E-state index contributed by atoms with van der Waals surface area (Å²) in [7, 11) is 0.428. The number of carbonyl (C=O) groups excluding carboxylic acids is 2. The summed E-state index contributed by atoms with van der Waals surface area (Å²) in [5.74, 6) is 0.473. The first kappa shape index (κ1) is 35.0. The van der Waals surface area contributed by atoms with Crippen molar-refractivity contribution in [3.05, 3.63) is 53.1 Å². The number of aliphatic hydroxyl groups is 1. The third-order valence-electron chi connectivity index (χ3n) is 13.2. The van der Waals surface area contributed by atoms with E-state index >= 15 is 0 Å². The summed E-state index contributed by atoms with van der Waals surface area (Å²) in [6.07, 6.45) is 7.83. The Balaban J connectivity index is 1.37. The van der Waals surface area contributed by atoms with Crippen LogP contribution in [0.25, 0.3) is 22.2 Å². The van der Waals surface area contributed by atoms with Crippen LogP contribution in [0.2, 0.25) is 0 Å². The maximum atomic E-state index is 14.7. The molecule has 2 amide bonds. The molecule has 5 atom stereocenters. The highest BCUT2D eigenvalue weighted by Gasteiger charge is 2.63. The molecule has 2 heterocycles. The van der Waals surface area contributed by atoms with E-state index in [1.807, 2.05) is 19.1 Å². The lowest BCUT2D eigenvalue weighted by Crippen LogP contribution is -2.49. The van der Waals surface area contributed by atoms with Crippen molar-refractivity contribution in [2.45, 2.75) is 109 Å². The number of hydrogen-bond donors (Lipinski definition) is 3. The number of nitrogens with one attached hydrogen (secondary N) is 2. The van der Waals surface area contributed by atoms with E-state index in [-0.39, 0.29) is 34.8 Å². The molecule has 3 saturated carbocycles. The molecule has 3 N–H and O–H groups in total. The number of carbonyl (C=O) groups is 2. The number of benzene rings is 2. The molecule has 3 aliphatic carbocycles. The Morgan fingerprint density at radius 3 is 2.40 bits per heavy atom. The number of fused-ring (bicyclic) bond motifs is 7. The largest absolute Gasteiger partial charge is 0.497 e. The van der Waals surface area contributed by atoms with Crippen LogP contribution in [0.15, 0.2) is 36.4 Å². The van der Waals surface area contributed by atoms with E-state index in [9.17, 15) is 23.1 Å². The monoisotopic (exact) mass is 704 g/mol. The van der Waals surface area contributed by atoms with Crippen LogP contribution < -0.4 is 14.8 Å². The number of methoxy groups -OCH3 is 1. The van der Waals surface area contributed by atoms with Crippen LogP contribution in [0.3, 0.4) is 0 Å². The number of aromatic nitrogens is 1. The number of hydrogen-bond acceptors (Lipinski definition) is 6. The van der Waals surface area contributed by atoms with Crippen molar-refractivity contribution in [1.29, 1.82) is 0 Å². The Kier molecular flexibility index (Phi) is 8.47. The molecule has 11 heteroatoms. The molecule has 1 aliphatic heterocycles. The Hall–Kier alpha value is -3.41. The van der Waals surface area contributed by atoms with Crippen molar-refractivity contribution >= 4 is 32.9 Å². The smallest absolute Gasteiger partial charge is 0.303 e. The van der Waals surface area contributed by atoms with Gasteiger partial charge in [-0.25, -0.2) is 4.72 Å². The summed E-state index contributed by atoms with van der Waals surface area (Å²) < 4.78 is 36.3. The zero-order chi connectivity index (χ0) is 36.0. The van der Waals surface area contributed by atoms with Gasteiger partial charge in [0.25, 0.3) is 5.91 Å². The van der Waals surface area contributed by atoms with E-state index in [0.29, 0.717) is 25.3 Å². The van der Waals surface area contributed by atoms with Gasteiger partial charge in [-0.1, -0.05) is 39.2 Å². The molecule has 2 aromatic carbocycles. The van der Waals surface area contributed by atoms with Crippen LogP contribution in [-0.4, -0.2) is 67.1 Å². The first-order chi connectivity index (χ1) is 23.5. The maximum Gasteiger partial charge on any atom is 0.303 e. The van der Waals surface area contributed by atoms with Crippen LogP contribution >= 0.6 is 0 Å². The third-order valence-corrected chi connectivity index (χ3v) is 14.6. The normalized spacial score (nSPS) is 27.9. The lowest BCUT2D eigenvalue weighted by molar-refractivity contribution is -0.128. The zero-order valence-electron chi connectivity index (χ0n) is 30.4. The average molecular weight is 705 g/mol. The molecule has 7 rings (SSSR count). The van der Waals surface area contributed by atoms with E-state index in [1.54, 1.807) is 19.2 Å². The van der Waals surface area contributed by atoms with E-state index in [4.69, 9.17) is 4.74 Å². The van der Waals surface area contributed by atoms with Gasteiger partial charge in [0.2, 0.25) is 5.91 Å². The molecule has 3 unspecified atom stereocenters. The molecule has 3 aromatic rings. The van der Waals surface area contributed by atoms with Gasteiger partial charge < -0.3 is 19.7 Å². The maximum absolute atomic E-state index is 14.7. The van der Waals surface area contributed by atoms with Gasteiger partial charge in [-0.3, -0.25) is 9.59 Å². The Morgan fingerprint density at radius 2 is 1.76 bits per heavy atom. The van der Waals surface area contributed by atoms with Crippen LogP contribution in [0.1, 0.15) is 112 Å². The van der Waals surface area contributed by atoms with Crippen molar-refractivity contribution in [2.24, 2.45) is 16.7 Å². The first-order valence-electron chi connectivity index (χ1n) is 18.1. The van der Waals surface area contributed by atoms with Crippen LogP contribution in [0, 0.1) is 16.7 Å². The summed E-state index contributed by atoms with van der Waals surface area (Å²) in [5, 5.41) is 15.6. The first-order valence-corrected chi connectivity index (χ1v) is 19.6. The van der Waals surface area contributed by atoms with Gasteiger partial charge in [-0.15, -0.1) is 0 Å². The topological polar surface area (TPSA) is 130 Å². The minimum absolute atomic E-state index is 0.00556. The second kappa shape index (κ2) is 12.1. The highest BCUT2D eigenvalue weighted by atomic mass is 32.2. The van der Waals surface area contributed by atoms with Gasteiger partial charge in [0.15, 0.2) is 0 Å². The number of rotatable bonds is 8. The van der Waals surface area contributed by atoms with Crippen molar-refractivity contribution in [2.75, 3.05) is 21.2 Å². The van der Waals surface area contributed by atoms with Crippen molar-refractivity contribution in [3.63, 3.8) is 0 Å². The Morgan fingerprint density at radius 1 is 1.04 bits per heavy atom. The lowest BCUT2D eigenvalue weighted by Gasteiger charge is -2.40. The summed E-state index contributed by atoms with van der Waals surface area (Å²) in [6.45, 7) is 8.60. The number of amides is 2. The summed E-state index contributed by atoms with van der Waals surface area (Å²) >= 11 is 0. The summed E-state index contributed by atoms with van der Waals surface area (Å²) in [6, 6.07) is 11.6. The third kappa shape index (κ3) is 5.46. The average Bonchev–Trinajstić information content (AvgIpc) is 3.68. The minimum Gasteiger partial charge on any atom is -0.497 e. The van der Waals surface area contributed by atoms with E-state index in [0.717, 1.165) is 69.9 Å². The Bertz CT molecular complexity index is 1970. The van der Waals surface area contributed by atoms with E-state index in [2.05, 4.69) is 47.5 Å². The molecule has 50 heavy (non-hydrogen) atoms. The Labute approximate surface area is 296 Å². The molecule has 0 bridgehead atoms. The number of nitrogens with zero attached hydrogens (tertiary/aromatic N) is 2. The predicted molar refractivity (Wildman–Crippen MR) is 194 cm³/mol. The second-order valence-corrected chi connectivity index (χ2v) is 18.3. The number of ether oxygens (including phenoxy) is 1. The van der Waals surface area contributed by atoms with Gasteiger partial charge in [0, 0.05) is 54.6 Å². The fourth-order valence-corrected chi connectivity index (χ4v) is 10.1. The molecule has 1 aromatic heterocycles. The van der Waals surface area contributed by atoms with Gasteiger partial charge in [0.05, 0.1) is 23.8 Å². The minimum atomic E-state index is -3.99. The van der Waals surface area contributed by atoms with Crippen LogP contribution in [0.5, 0.6) is 5.75 Å². The molecule has 10 nitrogen and oxygen atoms in total. The highest BCUT2D eigenvalue weighted by molar-refractivity contribution is 7.87. The van der Waals surface area contributed by atoms with E-state index in [1.165, 1.54) is 26.1 Å². The lowest BCUT2D eigenvalue weighted by atomic mass is 9.71. The molecule has 3 fully saturated rings. The second-order valence-electron chi connectivity index (χ2n) is 16.4. The summed E-state index contributed by atoms with van der Waals surface area (Å²) in [4.78, 5) is 28.1. The van der Waals surface area contributed by atoms with Crippen molar-refractivity contribution in [3.8, 4) is 17.0 Å². The predicted octanol–water partition coefficient (Wildman–Crippen LogP) is 6.08. The molecular formula is C39H52N4O6S. The highest BCUT2D eigenvalue weighted by Crippen LogP contribution is 2.66. The van der Waals surface area contributed by atoms with Crippen molar-refractivity contribution < 1.29 is 27.9 Å². The molecule has 0 spiro atoms. The molecular weight excluding hydrogens is 653 g/mol. The zero-order valence-corrected chi connectivity index (χ0v) is 31.2. The van der Waals surface area contributed by atoms with Crippen LogP contribution in [-0.2, 0) is 21.5 Å². The quantitative estimate of drug-likeness (QED) is 0.261. The van der Waals surface area contributed by atoms with Gasteiger partial charge >= 0.3 is 10.2 Å². The SMILES string of the molecule is COc1ccc2c(c1)C1C[C@]1(C(=O)N[C@@H](C)C1CCC(C)(O)C1(C)C)Cn1c-2c(C2CCCCC2)c2ccc(C(=O)NS(=O)(=O)N(C)C)cc21. The fourth-order valence-electron chi connectivity index (χ4n) is 9.55. The fraction of sp³-hybridized carbons (Fsp3) is 0.590. The van der Waals surface area contributed by atoms with Gasteiger partial charge in [-0.05, 0) is 105 Å². The van der Waals surface area contributed by atoms with Gasteiger partial charge in [0.1, 0.15) is 5.75 Å². The van der Waals surface area contributed by atoms with Gasteiger partial charge in [-0.2, -0.15) is 12.7 Å². The molecule has 0 radical (unpaired) electrons. The summed E-state index contributed by atoms with van der Waals surface area (Å²) in [5.41, 5.74) is 3.70. The standard InChI is InChI=1S/C39H52N4O6S/c1-23(30-17-18-38(4,46)37(30,2)3)40-36(45)39-21-31(39)29-20-26(49-7)14-16-27(29)34-33(24-11-9-8-10-12-24)28-15-13-25(19-32(28)43(34)22-39)35(44)41-50(47,48)42(5)6/h13-16,19-20,23-24,30-31,46H,8-12,17-18,21-22H2,1-7H3,(H,40,45)(H,41,44)/t23-,30?,31?,38?,39-/m0/s1.